The second-order valence-corrected chi connectivity index (χ2v) is 8.41. The van der Waals surface area contributed by atoms with Gasteiger partial charge in [-0.1, -0.05) is 0 Å². The minimum absolute atomic E-state index is 0.0422. The number of halogens is 2. The number of piperazine rings is 1. The van der Waals surface area contributed by atoms with Gasteiger partial charge in [0.2, 0.25) is 15.9 Å². The van der Waals surface area contributed by atoms with Crippen molar-refractivity contribution < 1.29 is 22.0 Å². The number of amides is 1. The van der Waals surface area contributed by atoms with Crippen LogP contribution >= 0.6 is 0 Å². The molecule has 1 N–H and O–H groups in total. The topological polar surface area (TPSA) is 69.7 Å². The number of hydrogen-bond donors (Lipinski definition) is 1. The van der Waals surface area contributed by atoms with Gasteiger partial charge >= 0.3 is 0 Å². The lowest BCUT2D eigenvalue weighted by atomic mass is 10.2. The van der Waals surface area contributed by atoms with Crippen LogP contribution in [0.2, 0.25) is 0 Å². The molecule has 3 rings (SSSR count). The molecule has 1 aromatic carbocycles. The number of benzene rings is 1. The average molecular weight is 373 g/mol. The Kier molecular flexibility index (Phi) is 5.08. The minimum atomic E-state index is -3.88. The Hall–Kier alpha value is -1.58. The lowest BCUT2D eigenvalue weighted by Gasteiger charge is -2.36. The summed E-state index contributed by atoms with van der Waals surface area (Å²) in [5.74, 6) is -2.32. The molecule has 1 amide bonds. The monoisotopic (exact) mass is 373 g/mol. The molecule has 6 nitrogen and oxygen atoms in total. The molecular weight excluding hydrogens is 352 g/mol. The summed E-state index contributed by atoms with van der Waals surface area (Å²) in [6.45, 7) is 3.01. The van der Waals surface area contributed by atoms with Gasteiger partial charge in [-0.25, -0.2) is 17.2 Å². The maximum atomic E-state index is 13.3. The van der Waals surface area contributed by atoms with Gasteiger partial charge in [0.05, 0.1) is 10.9 Å². The van der Waals surface area contributed by atoms with Gasteiger partial charge in [0.1, 0.15) is 0 Å². The van der Waals surface area contributed by atoms with Gasteiger partial charge in [-0.3, -0.25) is 9.69 Å². The zero-order chi connectivity index (χ0) is 18.2. The van der Waals surface area contributed by atoms with Crippen LogP contribution in [0.25, 0.3) is 0 Å². The largest absolute Gasteiger partial charge is 0.352 e. The number of nitrogens with one attached hydrogen (secondary N) is 1. The molecule has 0 radical (unpaired) electrons. The molecule has 1 atom stereocenters. The summed E-state index contributed by atoms with van der Waals surface area (Å²) in [6, 6.07) is 2.52. The molecule has 1 aliphatic heterocycles. The van der Waals surface area contributed by atoms with Crippen LogP contribution in [0, 0.1) is 11.6 Å². The number of carbonyl (C=O) groups excluding carboxylic acids is 1. The van der Waals surface area contributed by atoms with Crippen molar-refractivity contribution >= 4 is 15.9 Å². The van der Waals surface area contributed by atoms with Crippen LogP contribution in [0.4, 0.5) is 8.78 Å². The van der Waals surface area contributed by atoms with Crippen molar-refractivity contribution in [2.45, 2.75) is 36.7 Å². The van der Waals surface area contributed by atoms with Gasteiger partial charge in [0.25, 0.3) is 0 Å². The lowest BCUT2D eigenvalue weighted by molar-refractivity contribution is -0.126. The summed E-state index contributed by atoms with van der Waals surface area (Å²) in [7, 11) is -3.88. The molecule has 1 heterocycles. The van der Waals surface area contributed by atoms with E-state index in [2.05, 4.69) is 5.32 Å². The summed E-state index contributed by atoms with van der Waals surface area (Å²) in [5.41, 5.74) is 0. The van der Waals surface area contributed by atoms with Gasteiger partial charge in [-0.2, -0.15) is 4.31 Å². The molecule has 2 aliphatic rings. The van der Waals surface area contributed by atoms with Crippen molar-refractivity contribution in [3.05, 3.63) is 29.8 Å². The first-order valence-corrected chi connectivity index (χ1v) is 9.72. The Balaban J connectivity index is 1.62. The van der Waals surface area contributed by atoms with E-state index in [-0.39, 0.29) is 36.0 Å². The molecule has 138 valence electrons. The summed E-state index contributed by atoms with van der Waals surface area (Å²) in [6.07, 6.45) is 2.03. The van der Waals surface area contributed by atoms with E-state index >= 15 is 0 Å². The van der Waals surface area contributed by atoms with Gasteiger partial charge in [-0.15, -0.1) is 0 Å². The Morgan fingerprint density at radius 1 is 1.16 bits per heavy atom. The molecular formula is C16H21F2N3O3S. The molecule has 0 bridgehead atoms. The van der Waals surface area contributed by atoms with E-state index in [4.69, 9.17) is 0 Å². The van der Waals surface area contributed by atoms with Gasteiger partial charge < -0.3 is 5.32 Å². The molecule has 1 aromatic rings. The number of rotatable bonds is 5. The third-order valence-corrected chi connectivity index (χ3v) is 6.55. The quantitative estimate of drug-likeness (QED) is 0.834. The van der Waals surface area contributed by atoms with Gasteiger partial charge in [-0.05, 0) is 38.0 Å². The minimum Gasteiger partial charge on any atom is -0.352 e. The molecule has 1 unspecified atom stereocenters. The molecule has 0 aromatic heterocycles. The highest BCUT2D eigenvalue weighted by molar-refractivity contribution is 7.89. The Morgan fingerprint density at radius 2 is 1.80 bits per heavy atom. The first kappa shape index (κ1) is 18.2. The highest BCUT2D eigenvalue weighted by Gasteiger charge is 2.33. The van der Waals surface area contributed by atoms with Crippen molar-refractivity contribution in [3.8, 4) is 0 Å². The highest BCUT2D eigenvalue weighted by atomic mass is 32.2. The van der Waals surface area contributed by atoms with Crippen molar-refractivity contribution in [1.82, 2.24) is 14.5 Å². The zero-order valence-electron chi connectivity index (χ0n) is 13.9. The van der Waals surface area contributed by atoms with E-state index in [0.29, 0.717) is 19.2 Å². The third-order valence-electron chi connectivity index (χ3n) is 4.65. The maximum absolute atomic E-state index is 13.3. The lowest BCUT2D eigenvalue weighted by Crippen LogP contribution is -2.55. The Labute approximate surface area is 145 Å². The molecule has 25 heavy (non-hydrogen) atoms. The molecule has 1 saturated heterocycles. The molecule has 2 fully saturated rings. The zero-order valence-corrected chi connectivity index (χ0v) is 14.7. The summed E-state index contributed by atoms with van der Waals surface area (Å²) >= 11 is 0. The molecule has 1 saturated carbocycles. The first-order chi connectivity index (χ1) is 11.8. The predicted octanol–water partition coefficient (Wildman–Crippen LogP) is 0.938. The fourth-order valence-corrected chi connectivity index (χ4v) is 4.27. The fraction of sp³-hybridized carbons (Fsp3) is 0.562. The van der Waals surface area contributed by atoms with E-state index in [9.17, 15) is 22.0 Å². The van der Waals surface area contributed by atoms with E-state index in [0.717, 1.165) is 25.0 Å². The number of carbonyl (C=O) groups is 1. The smallest absolute Gasteiger partial charge is 0.243 e. The van der Waals surface area contributed by atoms with Crippen LogP contribution < -0.4 is 5.32 Å². The second-order valence-electron chi connectivity index (χ2n) is 6.47. The van der Waals surface area contributed by atoms with Crippen LogP contribution in [-0.2, 0) is 14.8 Å². The molecule has 1 aliphatic carbocycles. The number of hydrogen-bond acceptors (Lipinski definition) is 4. The molecule has 9 heteroatoms. The van der Waals surface area contributed by atoms with E-state index in [1.807, 2.05) is 4.90 Å². The first-order valence-electron chi connectivity index (χ1n) is 8.28. The number of sulfonamides is 1. The average Bonchev–Trinajstić information content (AvgIpc) is 3.40. The standard InChI is InChI=1S/C16H21F2N3O3S/c1-11(16(22)19-12-2-3-12)20-6-8-21(9-7-20)25(23,24)13-4-5-14(17)15(18)10-13/h4-5,10-12H,2-3,6-9H2,1H3,(H,19,22). The molecule has 0 spiro atoms. The van der Waals surface area contributed by atoms with E-state index in [1.54, 1.807) is 6.92 Å². The fourth-order valence-electron chi connectivity index (χ4n) is 2.83. The third kappa shape index (κ3) is 3.99. The highest BCUT2D eigenvalue weighted by Crippen LogP contribution is 2.21. The predicted molar refractivity (Wildman–Crippen MR) is 87.3 cm³/mol. The number of nitrogens with zero attached hydrogens (tertiary/aromatic N) is 2. The Morgan fingerprint density at radius 3 is 2.36 bits per heavy atom. The summed E-state index contributed by atoms with van der Waals surface area (Å²) < 4.78 is 52.7. The van der Waals surface area contributed by atoms with Crippen LogP contribution in [0.15, 0.2) is 23.1 Å². The van der Waals surface area contributed by atoms with Crippen LogP contribution in [0.1, 0.15) is 19.8 Å². The van der Waals surface area contributed by atoms with Crippen LogP contribution in [0.5, 0.6) is 0 Å². The van der Waals surface area contributed by atoms with Crippen molar-refractivity contribution in [1.29, 1.82) is 0 Å². The van der Waals surface area contributed by atoms with Gasteiger partial charge in [0, 0.05) is 32.2 Å². The van der Waals surface area contributed by atoms with Crippen LogP contribution in [0.3, 0.4) is 0 Å². The van der Waals surface area contributed by atoms with Gasteiger partial charge in [0.15, 0.2) is 11.6 Å². The van der Waals surface area contributed by atoms with Crippen LogP contribution in [-0.4, -0.2) is 61.8 Å². The van der Waals surface area contributed by atoms with E-state index in [1.165, 1.54) is 4.31 Å². The normalized spacial score (nSPS) is 21.1. The summed E-state index contributed by atoms with van der Waals surface area (Å²) in [5, 5.41) is 2.94. The van der Waals surface area contributed by atoms with Crippen molar-refractivity contribution in [2.75, 3.05) is 26.2 Å². The second kappa shape index (κ2) is 6.97. The Bertz CT molecular complexity index is 760. The van der Waals surface area contributed by atoms with Crippen molar-refractivity contribution in [3.63, 3.8) is 0 Å². The van der Waals surface area contributed by atoms with E-state index < -0.39 is 21.7 Å². The van der Waals surface area contributed by atoms with Crippen molar-refractivity contribution in [2.24, 2.45) is 0 Å². The maximum Gasteiger partial charge on any atom is 0.243 e. The SMILES string of the molecule is CC(C(=O)NC1CC1)N1CCN(S(=O)(=O)c2ccc(F)c(F)c2)CC1. The summed E-state index contributed by atoms with van der Waals surface area (Å²) in [4.78, 5) is 13.8.